The summed E-state index contributed by atoms with van der Waals surface area (Å²) in [5, 5.41) is 0. The van der Waals surface area contributed by atoms with Crippen molar-refractivity contribution in [2.24, 2.45) is 9.98 Å². The first-order chi connectivity index (χ1) is 8.83. The largest absolute Gasteiger partial charge is 0.280 e. The third-order valence-electron chi connectivity index (χ3n) is 2.94. The van der Waals surface area contributed by atoms with Crippen LogP contribution in [0.15, 0.2) is 63.8 Å². The number of aliphatic imine (C=N–C) groups is 2. The van der Waals surface area contributed by atoms with E-state index in [0.717, 1.165) is 17.0 Å². The van der Waals surface area contributed by atoms with Gasteiger partial charge in [0.1, 0.15) is 0 Å². The molecule has 3 heteroatoms. The molecule has 1 aliphatic heterocycles. The Morgan fingerprint density at radius 1 is 1.28 bits per heavy atom. The highest BCUT2D eigenvalue weighted by Crippen LogP contribution is 2.22. The van der Waals surface area contributed by atoms with Gasteiger partial charge in [-0.15, -0.1) is 0 Å². The zero-order chi connectivity index (χ0) is 12.4. The number of allylic oxidation sites excluding steroid dienone is 3. The van der Waals surface area contributed by atoms with E-state index in [0.29, 0.717) is 0 Å². The molecule has 2 aliphatic rings. The topological polar surface area (TPSA) is 37.6 Å². The second kappa shape index (κ2) is 4.53. The van der Waals surface area contributed by atoms with Crippen LogP contribution >= 0.6 is 0 Å². The van der Waals surface area contributed by atoms with E-state index in [-0.39, 0.29) is 6.04 Å². The van der Waals surface area contributed by atoms with E-state index < -0.39 is 0 Å². The first-order valence-electron chi connectivity index (χ1n) is 5.92. The van der Waals surface area contributed by atoms with Gasteiger partial charge in [0.05, 0.1) is 6.04 Å². The van der Waals surface area contributed by atoms with Crippen molar-refractivity contribution in [1.82, 2.24) is 4.98 Å². The fourth-order valence-corrected chi connectivity index (χ4v) is 1.94. The molecule has 88 valence electrons. The molecule has 1 aromatic rings. The summed E-state index contributed by atoms with van der Waals surface area (Å²) in [6.07, 6.45) is 13.7. The minimum Gasteiger partial charge on any atom is -0.280 e. The van der Waals surface area contributed by atoms with Gasteiger partial charge >= 0.3 is 0 Å². The van der Waals surface area contributed by atoms with Crippen molar-refractivity contribution < 1.29 is 0 Å². The Morgan fingerprint density at radius 3 is 3.06 bits per heavy atom. The van der Waals surface area contributed by atoms with Gasteiger partial charge in [-0.3, -0.25) is 4.99 Å². The Bertz CT molecular complexity index is 601. The third-order valence-corrected chi connectivity index (χ3v) is 2.94. The van der Waals surface area contributed by atoms with Crippen molar-refractivity contribution in [3.63, 3.8) is 0 Å². The van der Waals surface area contributed by atoms with Crippen LogP contribution in [0.5, 0.6) is 0 Å². The van der Waals surface area contributed by atoms with Gasteiger partial charge in [0.15, 0.2) is 5.82 Å². The minimum absolute atomic E-state index is 0.169. The van der Waals surface area contributed by atoms with Gasteiger partial charge in [-0.2, -0.15) is 0 Å². The Balaban J connectivity index is 1.85. The Hall–Kier alpha value is -2.29. The van der Waals surface area contributed by atoms with Crippen LogP contribution in [0.1, 0.15) is 5.56 Å². The summed E-state index contributed by atoms with van der Waals surface area (Å²) in [5.74, 6) is 0.723. The molecule has 0 N–H and O–H groups in total. The molecule has 3 rings (SSSR count). The fourth-order valence-electron chi connectivity index (χ4n) is 1.94. The first-order valence-corrected chi connectivity index (χ1v) is 5.92. The van der Waals surface area contributed by atoms with Crippen LogP contribution in [0.2, 0.25) is 0 Å². The predicted molar refractivity (Wildman–Crippen MR) is 74.7 cm³/mol. The second-order valence-electron chi connectivity index (χ2n) is 4.33. The van der Waals surface area contributed by atoms with Gasteiger partial charge in [-0.1, -0.05) is 30.4 Å². The summed E-state index contributed by atoms with van der Waals surface area (Å²) in [4.78, 5) is 13.0. The molecule has 3 nitrogen and oxygen atoms in total. The van der Waals surface area contributed by atoms with Crippen LogP contribution in [0.4, 0.5) is 5.82 Å². The molecule has 1 atom stereocenters. The Morgan fingerprint density at radius 2 is 2.22 bits per heavy atom. The molecule has 1 aliphatic carbocycles. The molecule has 0 radical (unpaired) electrons. The fraction of sp³-hybridized carbons (Fsp3) is 0.133. The predicted octanol–water partition coefficient (Wildman–Crippen LogP) is 2.97. The molecule has 1 unspecified atom stereocenters. The highest BCUT2D eigenvalue weighted by atomic mass is 14.9. The van der Waals surface area contributed by atoms with Crippen molar-refractivity contribution in [2.45, 2.75) is 13.0 Å². The third kappa shape index (κ3) is 2.07. The average Bonchev–Trinajstić information content (AvgIpc) is 2.82. The molecule has 0 spiro atoms. The number of aromatic nitrogens is 1. The van der Waals surface area contributed by atoms with Crippen LogP contribution in [0, 0.1) is 6.92 Å². The van der Waals surface area contributed by atoms with Crippen molar-refractivity contribution in [3.8, 4) is 0 Å². The zero-order valence-corrected chi connectivity index (χ0v) is 10.1. The summed E-state index contributed by atoms with van der Waals surface area (Å²) >= 11 is 0. The maximum Gasteiger partial charge on any atom is 0.151 e. The average molecular weight is 235 g/mol. The van der Waals surface area contributed by atoms with Crippen molar-refractivity contribution in [3.05, 3.63) is 59.3 Å². The standard InChI is InChI=1S/C15H13N3/c1-11-6-7-15(17-8-11)18-10-12-9-16-14-5-3-2-4-13(12)14/h2-10,14H,1H3. The molecule has 0 saturated carbocycles. The molecule has 2 heterocycles. The molecule has 0 aromatic carbocycles. The van der Waals surface area contributed by atoms with Crippen LogP contribution in [-0.4, -0.2) is 23.5 Å². The number of nitrogens with zero attached hydrogens (tertiary/aromatic N) is 3. The van der Waals surface area contributed by atoms with Crippen molar-refractivity contribution in [2.75, 3.05) is 0 Å². The summed E-state index contributed by atoms with van der Waals surface area (Å²) < 4.78 is 0. The van der Waals surface area contributed by atoms with Crippen LogP contribution in [0.3, 0.4) is 0 Å². The number of aryl methyl sites for hydroxylation is 1. The lowest BCUT2D eigenvalue weighted by Crippen LogP contribution is -2.02. The van der Waals surface area contributed by atoms with Gasteiger partial charge in [0.25, 0.3) is 0 Å². The van der Waals surface area contributed by atoms with E-state index in [1.54, 1.807) is 0 Å². The number of hydrogen-bond donors (Lipinski definition) is 0. The number of fused-ring (bicyclic) bond motifs is 1. The monoisotopic (exact) mass is 235 g/mol. The van der Waals surface area contributed by atoms with E-state index in [4.69, 9.17) is 0 Å². The van der Waals surface area contributed by atoms with E-state index >= 15 is 0 Å². The quantitative estimate of drug-likeness (QED) is 0.726. The summed E-state index contributed by atoms with van der Waals surface area (Å²) in [5.41, 5.74) is 3.40. The molecule has 0 bridgehead atoms. The second-order valence-corrected chi connectivity index (χ2v) is 4.33. The Kier molecular flexibility index (Phi) is 2.73. The maximum atomic E-state index is 4.42. The smallest absolute Gasteiger partial charge is 0.151 e. The lowest BCUT2D eigenvalue weighted by molar-refractivity contribution is 1.000. The molecule has 0 fully saturated rings. The van der Waals surface area contributed by atoms with Gasteiger partial charge in [-0.05, 0) is 24.1 Å². The van der Waals surface area contributed by atoms with Gasteiger partial charge in [-0.25, -0.2) is 9.98 Å². The zero-order valence-electron chi connectivity index (χ0n) is 10.1. The minimum atomic E-state index is 0.169. The van der Waals surface area contributed by atoms with Crippen LogP contribution in [-0.2, 0) is 0 Å². The van der Waals surface area contributed by atoms with Crippen molar-refractivity contribution >= 4 is 18.2 Å². The molecular weight excluding hydrogens is 222 g/mol. The SMILES string of the molecule is Cc1ccc(N=CC2=C3C=CC=CC3N=C2)nc1. The first kappa shape index (κ1) is 10.8. The van der Waals surface area contributed by atoms with Crippen LogP contribution in [0.25, 0.3) is 0 Å². The number of hydrogen-bond acceptors (Lipinski definition) is 3. The molecular formula is C15H13N3. The highest BCUT2D eigenvalue weighted by molar-refractivity contribution is 6.08. The molecule has 0 amide bonds. The lowest BCUT2D eigenvalue weighted by atomic mass is 10.0. The van der Waals surface area contributed by atoms with Crippen molar-refractivity contribution in [1.29, 1.82) is 0 Å². The molecule has 18 heavy (non-hydrogen) atoms. The highest BCUT2D eigenvalue weighted by Gasteiger charge is 2.17. The normalized spacial score (nSPS) is 21.1. The lowest BCUT2D eigenvalue weighted by Gasteiger charge is -2.07. The van der Waals surface area contributed by atoms with E-state index in [9.17, 15) is 0 Å². The van der Waals surface area contributed by atoms with Gasteiger partial charge < -0.3 is 0 Å². The number of pyridine rings is 1. The van der Waals surface area contributed by atoms with Crippen LogP contribution < -0.4 is 0 Å². The Labute approximate surface area is 106 Å². The van der Waals surface area contributed by atoms with Gasteiger partial charge in [0, 0.05) is 24.2 Å². The molecule has 1 aromatic heterocycles. The summed E-state index contributed by atoms with van der Waals surface area (Å²) in [7, 11) is 0. The van der Waals surface area contributed by atoms with E-state index in [1.165, 1.54) is 5.57 Å². The maximum absolute atomic E-state index is 4.42. The summed E-state index contributed by atoms with van der Waals surface area (Å²) in [6.45, 7) is 2.01. The van der Waals surface area contributed by atoms with Gasteiger partial charge in [0.2, 0.25) is 0 Å². The molecule has 0 saturated heterocycles. The van der Waals surface area contributed by atoms with E-state index in [2.05, 4.69) is 27.1 Å². The van der Waals surface area contributed by atoms with E-state index in [1.807, 2.05) is 49.8 Å². The summed E-state index contributed by atoms with van der Waals surface area (Å²) in [6, 6.07) is 4.09. The number of rotatable bonds is 2.